The molecule has 1 saturated heterocycles. The highest BCUT2D eigenvalue weighted by Crippen LogP contribution is 2.14. The summed E-state index contributed by atoms with van der Waals surface area (Å²) in [5.41, 5.74) is 2.86. The summed E-state index contributed by atoms with van der Waals surface area (Å²) in [4.78, 5) is 37.8. The first-order chi connectivity index (χ1) is 13.1. The van der Waals surface area contributed by atoms with Gasteiger partial charge in [-0.2, -0.15) is 0 Å². The molecule has 1 heterocycles. The van der Waals surface area contributed by atoms with Gasteiger partial charge in [-0.25, -0.2) is 4.79 Å². The summed E-state index contributed by atoms with van der Waals surface area (Å²) in [6.45, 7) is 1.74. The van der Waals surface area contributed by atoms with Crippen LogP contribution in [0.3, 0.4) is 0 Å². The standard InChI is InChI=1S/C21H23N3O3/c1-2-15-9-6-10-17(13-15)22-19(25)14-24-20(26)18(23-21(24)27)12-11-16-7-4-3-5-8-16/h3-10,13,18H,2,11-12,14H2,1H3,(H,22,25)(H,23,27). The van der Waals surface area contributed by atoms with E-state index in [1.807, 2.05) is 55.5 Å². The molecule has 0 aliphatic carbocycles. The second-order valence-corrected chi connectivity index (χ2v) is 6.55. The molecule has 0 spiro atoms. The molecule has 27 heavy (non-hydrogen) atoms. The van der Waals surface area contributed by atoms with Crippen LogP contribution in [0.5, 0.6) is 0 Å². The van der Waals surface area contributed by atoms with E-state index in [1.54, 1.807) is 6.07 Å². The third-order valence-corrected chi connectivity index (χ3v) is 4.59. The first-order valence-electron chi connectivity index (χ1n) is 9.11. The Balaban J connectivity index is 1.55. The van der Waals surface area contributed by atoms with E-state index in [-0.39, 0.29) is 12.5 Å². The summed E-state index contributed by atoms with van der Waals surface area (Å²) in [7, 11) is 0. The lowest BCUT2D eigenvalue weighted by molar-refractivity contribution is -0.130. The van der Waals surface area contributed by atoms with Crippen LogP contribution in [-0.4, -0.2) is 35.3 Å². The second kappa shape index (κ2) is 8.49. The zero-order valence-corrected chi connectivity index (χ0v) is 15.3. The summed E-state index contributed by atoms with van der Waals surface area (Å²) in [6.07, 6.45) is 2.05. The molecule has 0 aromatic heterocycles. The van der Waals surface area contributed by atoms with E-state index in [0.29, 0.717) is 18.5 Å². The molecule has 6 heteroatoms. The molecule has 1 aliphatic rings. The van der Waals surface area contributed by atoms with Crippen molar-refractivity contribution >= 4 is 23.5 Å². The number of rotatable bonds is 7. The molecule has 2 N–H and O–H groups in total. The molecule has 0 radical (unpaired) electrons. The molecule has 140 valence electrons. The fourth-order valence-electron chi connectivity index (χ4n) is 3.09. The number of anilines is 1. The van der Waals surface area contributed by atoms with Crippen molar-refractivity contribution in [3.05, 3.63) is 65.7 Å². The van der Waals surface area contributed by atoms with Crippen molar-refractivity contribution in [1.82, 2.24) is 10.2 Å². The number of carbonyl (C=O) groups is 3. The molecule has 0 bridgehead atoms. The number of benzene rings is 2. The highest BCUT2D eigenvalue weighted by molar-refractivity contribution is 6.07. The third kappa shape index (κ3) is 4.73. The number of nitrogens with zero attached hydrogens (tertiary/aromatic N) is 1. The van der Waals surface area contributed by atoms with E-state index in [9.17, 15) is 14.4 Å². The lowest BCUT2D eigenvalue weighted by atomic mass is 10.1. The van der Waals surface area contributed by atoms with E-state index in [4.69, 9.17) is 0 Å². The molecule has 1 atom stereocenters. The van der Waals surface area contributed by atoms with Gasteiger partial charge in [0.25, 0.3) is 5.91 Å². The van der Waals surface area contributed by atoms with Crippen LogP contribution in [0.15, 0.2) is 54.6 Å². The summed E-state index contributed by atoms with van der Waals surface area (Å²) in [6, 6.07) is 16.2. The minimum absolute atomic E-state index is 0.289. The van der Waals surface area contributed by atoms with Gasteiger partial charge in [-0.05, 0) is 42.5 Å². The maximum Gasteiger partial charge on any atom is 0.325 e. The van der Waals surface area contributed by atoms with Crippen LogP contribution in [0.1, 0.15) is 24.5 Å². The summed E-state index contributed by atoms with van der Waals surface area (Å²) >= 11 is 0. The molecule has 1 unspecified atom stereocenters. The Labute approximate surface area is 158 Å². The molecule has 1 aliphatic heterocycles. The highest BCUT2D eigenvalue weighted by atomic mass is 16.2. The third-order valence-electron chi connectivity index (χ3n) is 4.59. The average molecular weight is 365 g/mol. The lowest BCUT2D eigenvalue weighted by Crippen LogP contribution is -2.38. The average Bonchev–Trinajstić information content (AvgIpc) is 2.95. The van der Waals surface area contributed by atoms with Gasteiger partial charge < -0.3 is 10.6 Å². The molecule has 2 aromatic rings. The number of urea groups is 1. The van der Waals surface area contributed by atoms with Gasteiger partial charge in [0.15, 0.2) is 0 Å². The van der Waals surface area contributed by atoms with Gasteiger partial charge >= 0.3 is 6.03 Å². The van der Waals surface area contributed by atoms with Crippen LogP contribution < -0.4 is 10.6 Å². The van der Waals surface area contributed by atoms with Crippen molar-refractivity contribution in [3.8, 4) is 0 Å². The van der Waals surface area contributed by atoms with Gasteiger partial charge in [0.2, 0.25) is 5.91 Å². The Kier molecular flexibility index (Phi) is 5.86. The number of carbonyl (C=O) groups excluding carboxylic acids is 3. The minimum atomic E-state index is -0.589. The SMILES string of the molecule is CCc1cccc(NC(=O)CN2C(=O)NC(CCc3ccccc3)C2=O)c1. The van der Waals surface area contributed by atoms with Crippen LogP contribution in [0.2, 0.25) is 0 Å². The van der Waals surface area contributed by atoms with Crippen LogP contribution >= 0.6 is 0 Å². The Morgan fingerprint density at radius 2 is 1.81 bits per heavy atom. The van der Waals surface area contributed by atoms with Gasteiger partial charge in [0.1, 0.15) is 12.6 Å². The van der Waals surface area contributed by atoms with Crippen molar-refractivity contribution in [3.63, 3.8) is 0 Å². The monoisotopic (exact) mass is 365 g/mol. The largest absolute Gasteiger partial charge is 0.326 e. The van der Waals surface area contributed by atoms with Gasteiger partial charge in [-0.1, -0.05) is 49.4 Å². The zero-order chi connectivity index (χ0) is 19.2. The second-order valence-electron chi connectivity index (χ2n) is 6.55. The zero-order valence-electron chi connectivity index (χ0n) is 15.3. The van der Waals surface area contributed by atoms with Crippen LogP contribution in [-0.2, 0) is 22.4 Å². The van der Waals surface area contributed by atoms with Crippen molar-refractivity contribution < 1.29 is 14.4 Å². The Bertz CT molecular complexity index is 836. The summed E-state index contributed by atoms with van der Waals surface area (Å²) in [5, 5.41) is 5.41. The molecule has 6 nitrogen and oxygen atoms in total. The van der Waals surface area contributed by atoms with E-state index in [1.165, 1.54) is 0 Å². The van der Waals surface area contributed by atoms with Crippen molar-refractivity contribution in [2.45, 2.75) is 32.2 Å². The summed E-state index contributed by atoms with van der Waals surface area (Å²) in [5.74, 6) is -0.746. The predicted octanol–water partition coefficient (Wildman–Crippen LogP) is 2.74. The topological polar surface area (TPSA) is 78.5 Å². The van der Waals surface area contributed by atoms with E-state index in [2.05, 4.69) is 10.6 Å². The van der Waals surface area contributed by atoms with Crippen molar-refractivity contribution in [1.29, 1.82) is 0 Å². The minimum Gasteiger partial charge on any atom is -0.326 e. The molecule has 3 rings (SSSR count). The van der Waals surface area contributed by atoms with Crippen molar-refractivity contribution in [2.75, 3.05) is 11.9 Å². The summed E-state index contributed by atoms with van der Waals surface area (Å²) < 4.78 is 0. The molecule has 2 aromatic carbocycles. The highest BCUT2D eigenvalue weighted by Gasteiger charge is 2.38. The first-order valence-corrected chi connectivity index (χ1v) is 9.11. The van der Waals surface area contributed by atoms with Crippen LogP contribution in [0, 0.1) is 0 Å². The van der Waals surface area contributed by atoms with Crippen LogP contribution in [0.25, 0.3) is 0 Å². The van der Waals surface area contributed by atoms with Gasteiger partial charge in [0.05, 0.1) is 0 Å². The molecule has 4 amide bonds. The molecular weight excluding hydrogens is 342 g/mol. The number of amides is 4. The number of imide groups is 1. The van der Waals surface area contributed by atoms with Crippen LogP contribution in [0.4, 0.5) is 10.5 Å². The first kappa shape index (κ1) is 18.6. The Morgan fingerprint density at radius 3 is 2.56 bits per heavy atom. The quantitative estimate of drug-likeness (QED) is 0.741. The molecule has 1 fully saturated rings. The normalized spacial score (nSPS) is 16.3. The van der Waals surface area contributed by atoms with Gasteiger partial charge in [0, 0.05) is 5.69 Å². The number of nitrogens with one attached hydrogen (secondary N) is 2. The predicted molar refractivity (Wildman–Crippen MR) is 103 cm³/mol. The Morgan fingerprint density at radius 1 is 1.07 bits per heavy atom. The van der Waals surface area contributed by atoms with E-state index < -0.39 is 18.0 Å². The molecule has 0 saturated carbocycles. The fourth-order valence-corrected chi connectivity index (χ4v) is 3.09. The maximum absolute atomic E-state index is 12.5. The van der Waals surface area contributed by atoms with Gasteiger partial charge in [-0.3, -0.25) is 14.5 Å². The molecular formula is C21H23N3O3. The number of aryl methyl sites for hydroxylation is 2. The fraction of sp³-hybridized carbons (Fsp3) is 0.286. The van der Waals surface area contributed by atoms with Gasteiger partial charge in [-0.15, -0.1) is 0 Å². The number of hydrogen-bond acceptors (Lipinski definition) is 3. The lowest BCUT2D eigenvalue weighted by Gasteiger charge is -2.13. The smallest absolute Gasteiger partial charge is 0.325 e. The van der Waals surface area contributed by atoms with Crippen molar-refractivity contribution in [2.24, 2.45) is 0 Å². The van der Waals surface area contributed by atoms with E-state index >= 15 is 0 Å². The Hall–Kier alpha value is -3.15. The number of hydrogen-bond donors (Lipinski definition) is 2. The van der Waals surface area contributed by atoms with E-state index in [0.717, 1.165) is 22.4 Å². The maximum atomic E-state index is 12.5.